The highest BCUT2D eigenvalue weighted by Crippen LogP contribution is 2.16. The lowest BCUT2D eigenvalue weighted by Gasteiger charge is -2.23. The van der Waals surface area contributed by atoms with Gasteiger partial charge in [-0.2, -0.15) is 0 Å². The summed E-state index contributed by atoms with van der Waals surface area (Å²) in [6.07, 6.45) is 4.91. The molecule has 2 amide bonds. The maximum absolute atomic E-state index is 13.6. The molecule has 0 aromatic heterocycles. The average molecular weight is 274 g/mol. The van der Waals surface area contributed by atoms with Gasteiger partial charge in [0.05, 0.1) is 5.56 Å². The van der Waals surface area contributed by atoms with Gasteiger partial charge >= 0.3 is 0 Å². The fourth-order valence-corrected chi connectivity index (χ4v) is 2.03. The number of carbonyl (C=O) groups excluding carboxylic acids is 2. The number of halogens is 1. The molecular formula is C15H15FN2O2. The molecule has 0 spiro atoms. The quantitative estimate of drug-likeness (QED) is 0.846. The van der Waals surface area contributed by atoms with Gasteiger partial charge in [0.15, 0.2) is 0 Å². The van der Waals surface area contributed by atoms with Crippen molar-refractivity contribution in [2.45, 2.75) is 6.04 Å². The van der Waals surface area contributed by atoms with Crippen LogP contribution in [0, 0.1) is 5.82 Å². The van der Waals surface area contributed by atoms with Gasteiger partial charge in [-0.1, -0.05) is 30.4 Å². The van der Waals surface area contributed by atoms with Crippen LogP contribution in [0.2, 0.25) is 0 Å². The van der Waals surface area contributed by atoms with Crippen molar-refractivity contribution in [1.82, 2.24) is 10.2 Å². The van der Waals surface area contributed by atoms with E-state index in [1.54, 1.807) is 24.3 Å². The third-order valence-electron chi connectivity index (χ3n) is 3.01. The molecule has 1 aliphatic heterocycles. The third kappa shape index (κ3) is 2.77. The van der Waals surface area contributed by atoms with Crippen LogP contribution in [0.4, 0.5) is 4.39 Å². The number of amides is 2. The van der Waals surface area contributed by atoms with Crippen molar-refractivity contribution in [3.63, 3.8) is 0 Å². The van der Waals surface area contributed by atoms with Crippen LogP contribution in [-0.2, 0) is 4.79 Å². The van der Waals surface area contributed by atoms with E-state index in [-0.39, 0.29) is 11.5 Å². The van der Waals surface area contributed by atoms with Gasteiger partial charge in [0.2, 0.25) is 5.91 Å². The van der Waals surface area contributed by atoms with Gasteiger partial charge in [-0.3, -0.25) is 9.59 Å². The molecule has 1 heterocycles. The van der Waals surface area contributed by atoms with E-state index in [2.05, 4.69) is 11.9 Å². The molecule has 0 bridgehead atoms. The first-order valence-corrected chi connectivity index (χ1v) is 6.26. The zero-order valence-corrected chi connectivity index (χ0v) is 10.9. The molecule has 0 aliphatic carbocycles. The number of carbonyl (C=O) groups is 2. The summed E-state index contributed by atoms with van der Waals surface area (Å²) in [4.78, 5) is 25.6. The summed E-state index contributed by atoms with van der Waals surface area (Å²) in [6.45, 7) is 4.13. The van der Waals surface area contributed by atoms with Crippen molar-refractivity contribution < 1.29 is 14.0 Å². The maximum atomic E-state index is 13.6. The largest absolute Gasteiger partial charge is 0.351 e. The van der Waals surface area contributed by atoms with Crippen LogP contribution in [0.3, 0.4) is 0 Å². The summed E-state index contributed by atoms with van der Waals surface area (Å²) in [7, 11) is 0. The normalized spacial score (nSPS) is 17.1. The molecule has 1 aromatic rings. The predicted molar refractivity (Wildman–Crippen MR) is 73.6 cm³/mol. The standard InChI is InChI=1S/C15H15FN2O2/c1-2-9-17-14(19)13-8-5-10-18(13)15(20)11-6-3-4-7-12(11)16/h2-8,13H,1,9-10H2,(H,17,19)/t13-/m0/s1. The Morgan fingerprint density at radius 2 is 2.20 bits per heavy atom. The first kappa shape index (κ1) is 14.0. The van der Waals surface area contributed by atoms with Crippen LogP contribution in [-0.4, -0.2) is 35.8 Å². The van der Waals surface area contributed by atoms with Crippen LogP contribution in [0.5, 0.6) is 0 Å². The Balaban J connectivity index is 2.16. The highest BCUT2D eigenvalue weighted by Gasteiger charge is 2.31. The van der Waals surface area contributed by atoms with Gasteiger partial charge in [-0.25, -0.2) is 4.39 Å². The van der Waals surface area contributed by atoms with E-state index in [1.165, 1.54) is 23.1 Å². The molecule has 0 radical (unpaired) electrons. The highest BCUT2D eigenvalue weighted by atomic mass is 19.1. The molecule has 20 heavy (non-hydrogen) atoms. The fraction of sp³-hybridized carbons (Fsp3) is 0.200. The topological polar surface area (TPSA) is 49.4 Å². The molecule has 0 unspecified atom stereocenters. The molecule has 1 N–H and O–H groups in total. The number of nitrogens with one attached hydrogen (secondary N) is 1. The molecule has 0 saturated carbocycles. The minimum absolute atomic E-state index is 0.0299. The Kier molecular flexibility index (Phi) is 4.30. The monoisotopic (exact) mass is 274 g/mol. The lowest BCUT2D eigenvalue weighted by molar-refractivity contribution is -0.123. The molecule has 1 atom stereocenters. The van der Waals surface area contributed by atoms with E-state index in [0.29, 0.717) is 13.1 Å². The molecule has 2 rings (SSSR count). The molecule has 1 aliphatic rings. The SMILES string of the molecule is C=CCNC(=O)[C@@H]1C=CCN1C(=O)c1ccccc1F. The fourth-order valence-electron chi connectivity index (χ4n) is 2.03. The van der Waals surface area contributed by atoms with E-state index < -0.39 is 17.8 Å². The Morgan fingerprint density at radius 1 is 1.45 bits per heavy atom. The minimum Gasteiger partial charge on any atom is -0.351 e. The van der Waals surface area contributed by atoms with Crippen molar-refractivity contribution in [1.29, 1.82) is 0 Å². The van der Waals surface area contributed by atoms with Crippen LogP contribution in [0.1, 0.15) is 10.4 Å². The summed E-state index contributed by atoms with van der Waals surface area (Å²) in [5.41, 5.74) is -0.0299. The number of rotatable bonds is 4. The Morgan fingerprint density at radius 3 is 2.90 bits per heavy atom. The average Bonchev–Trinajstić information content (AvgIpc) is 2.94. The van der Waals surface area contributed by atoms with E-state index in [9.17, 15) is 14.0 Å². The first-order valence-electron chi connectivity index (χ1n) is 6.26. The van der Waals surface area contributed by atoms with E-state index in [4.69, 9.17) is 0 Å². The smallest absolute Gasteiger partial charge is 0.258 e. The Bertz CT molecular complexity index is 569. The summed E-state index contributed by atoms with van der Waals surface area (Å²) >= 11 is 0. The molecule has 104 valence electrons. The van der Waals surface area contributed by atoms with Gasteiger partial charge in [0, 0.05) is 13.1 Å². The van der Waals surface area contributed by atoms with Crippen molar-refractivity contribution >= 4 is 11.8 Å². The molecule has 0 fully saturated rings. The summed E-state index contributed by atoms with van der Waals surface area (Å²) in [5.74, 6) is -1.38. The van der Waals surface area contributed by atoms with E-state index in [0.717, 1.165) is 0 Å². The van der Waals surface area contributed by atoms with Gasteiger partial charge in [-0.15, -0.1) is 6.58 Å². The second kappa shape index (κ2) is 6.14. The van der Waals surface area contributed by atoms with Gasteiger partial charge < -0.3 is 10.2 Å². The second-order valence-corrected chi connectivity index (χ2v) is 4.34. The summed E-state index contributed by atoms with van der Waals surface area (Å²) < 4.78 is 13.6. The highest BCUT2D eigenvalue weighted by molar-refractivity contribution is 5.99. The van der Waals surface area contributed by atoms with Gasteiger partial charge in [0.25, 0.3) is 5.91 Å². The number of hydrogen-bond acceptors (Lipinski definition) is 2. The molecular weight excluding hydrogens is 259 g/mol. The van der Waals surface area contributed by atoms with Crippen molar-refractivity contribution in [2.75, 3.05) is 13.1 Å². The molecule has 5 heteroatoms. The Labute approximate surface area is 116 Å². The second-order valence-electron chi connectivity index (χ2n) is 4.34. The van der Waals surface area contributed by atoms with E-state index >= 15 is 0 Å². The number of nitrogens with zero attached hydrogens (tertiary/aromatic N) is 1. The Hall–Kier alpha value is -2.43. The predicted octanol–water partition coefficient (Wildman–Crippen LogP) is 1.51. The van der Waals surface area contributed by atoms with Crippen LogP contribution in [0.25, 0.3) is 0 Å². The van der Waals surface area contributed by atoms with Crippen molar-refractivity contribution in [3.8, 4) is 0 Å². The first-order chi connectivity index (χ1) is 9.65. The lowest BCUT2D eigenvalue weighted by Crippen LogP contribution is -2.46. The molecule has 1 aromatic carbocycles. The van der Waals surface area contributed by atoms with E-state index in [1.807, 2.05) is 0 Å². The summed E-state index contributed by atoms with van der Waals surface area (Å²) in [5, 5.41) is 2.63. The van der Waals surface area contributed by atoms with Crippen LogP contribution in [0.15, 0.2) is 49.1 Å². The maximum Gasteiger partial charge on any atom is 0.258 e. The number of hydrogen-bond donors (Lipinski definition) is 1. The van der Waals surface area contributed by atoms with Crippen LogP contribution < -0.4 is 5.32 Å². The van der Waals surface area contributed by atoms with Gasteiger partial charge in [-0.05, 0) is 12.1 Å². The molecule has 4 nitrogen and oxygen atoms in total. The third-order valence-corrected chi connectivity index (χ3v) is 3.01. The van der Waals surface area contributed by atoms with Crippen LogP contribution >= 0.6 is 0 Å². The minimum atomic E-state index is -0.706. The summed E-state index contributed by atoms with van der Waals surface area (Å²) in [6, 6.07) is 5.04. The molecule has 0 saturated heterocycles. The zero-order valence-electron chi connectivity index (χ0n) is 10.9. The lowest BCUT2D eigenvalue weighted by atomic mass is 10.1. The van der Waals surface area contributed by atoms with Crippen molar-refractivity contribution in [3.05, 3.63) is 60.5 Å². The number of benzene rings is 1. The van der Waals surface area contributed by atoms with Gasteiger partial charge in [0.1, 0.15) is 11.9 Å². The zero-order chi connectivity index (χ0) is 14.5. The van der Waals surface area contributed by atoms with Crippen molar-refractivity contribution in [2.24, 2.45) is 0 Å².